The molecule has 0 amide bonds. The Morgan fingerprint density at radius 1 is 1.65 bits per heavy atom. The zero-order valence-electron chi connectivity index (χ0n) is 9.07. The van der Waals surface area contributed by atoms with Crippen molar-refractivity contribution in [3.05, 3.63) is 40.4 Å². The Balaban J connectivity index is 3.31. The van der Waals surface area contributed by atoms with Gasteiger partial charge in [-0.1, -0.05) is 41.4 Å². The molecule has 0 heterocycles. The van der Waals surface area contributed by atoms with Crippen LogP contribution in [-0.2, 0) is 21.6 Å². The van der Waals surface area contributed by atoms with Crippen LogP contribution in [-0.4, -0.2) is 21.8 Å². The highest BCUT2D eigenvalue weighted by molar-refractivity contribution is 7.78. The van der Waals surface area contributed by atoms with E-state index in [-0.39, 0.29) is 16.3 Å². The molecule has 1 rings (SSSR count). The second-order valence-electron chi connectivity index (χ2n) is 3.14. The van der Waals surface area contributed by atoms with Crippen molar-refractivity contribution < 1.29 is 18.3 Å². The van der Waals surface area contributed by atoms with Crippen molar-refractivity contribution in [1.82, 2.24) is 0 Å². The molecular weight excluding hydrogens is 264 g/mol. The van der Waals surface area contributed by atoms with Gasteiger partial charge in [0.15, 0.2) is 0 Å². The minimum Gasteiger partial charge on any atom is -0.772 e. The number of halogens is 1. The van der Waals surface area contributed by atoms with Crippen molar-refractivity contribution in [2.24, 2.45) is 0 Å². The first-order valence-corrected chi connectivity index (χ1v) is 6.21. The van der Waals surface area contributed by atoms with Gasteiger partial charge in [0.1, 0.15) is 0 Å². The summed E-state index contributed by atoms with van der Waals surface area (Å²) in [7, 11) is 1.24. The van der Waals surface area contributed by atoms with Crippen LogP contribution in [0.4, 0.5) is 0 Å². The monoisotopic (exact) mass is 273 g/mol. The highest BCUT2D eigenvalue weighted by atomic mass is 35.5. The van der Waals surface area contributed by atoms with Gasteiger partial charge >= 0.3 is 5.97 Å². The predicted octanol–water partition coefficient (Wildman–Crippen LogP) is 2.15. The van der Waals surface area contributed by atoms with Gasteiger partial charge in [-0.15, -0.1) is 0 Å². The second kappa shape index (κ2) is 5.95. The number of rotatable bonds is 4. The molecule has 92 valence electrons. The summed E-state index contributed by atoms with van der Waals surface area (Å²) >= 11 is 3.77. The van der Waals surface area contributed by atoms with Crippen molar-refractivity contribution >= 4 is 34.7 Å². The highest BCUT2D eigenvalue weighted by Gasteiger charge is 2.15. The highest BCUT2D eigenvalue weighted by Crippen LogP contribution is 2.27. The maximum atomic E-state index is 11.4. The van der Waals surface area contributed by atoms with Crippen LogP contribution in [0.15, 0.2) is 18.7 Å². The molecule has 0 aliphatic rings. The fourth-order valence-electron chi connectivity index (χ4n) is 1.37. The maximum Gasteiger partial charge on any atom is 0.339 e. The first-order chi connectivity index (χ1) is 8.01. The van der Waals surface area contributed by atoms with Gasteiger partial charge in [-0.05, 0) is 17.2 Å². The van der Waals surface area contributed by atoms with Crippen LogP contribution in [0.5, 0.6) is 0 Å². The van der Waals surface area contributed by atoms with Crippen molar-refractivity contribution in [2.75, 3.05) is 7.11 Å². The summed E-state index contributed by atoms with van der Waals surface area (Å²) in [4.78, 5) is 11.4. The summed E-state index contributed by atoms with van der Waals surface area (Å²) in [6.45, 7) is 3.55. The SMILES string of the molecule is C=Cc1c(CS(=O)[O-])ccc(C(=O)OC)c1Cl. The van der Waals surface area contributed by atoms with E-state index in [0.717, 1.165) is 0 Å². The van der Waals surface area contributed by atoms with Crippen LogP contribution in [0.25, 0.3) is 6.08 Å². The number of methoxy groups -OCH3 is 1. The third kappa shape index (κ3) is 3.15. The normalized spacial score (nSPS) is 11.9. The third-order valence-corrected chi connectivity index (χ3v) is 3.11. The van der Waals surface area contributed by atoms with E-state index in [1.165, 1.54) is 25.3 Å². The molecule has 17 heavy (non-hydrogen) atoms. The number of carbonyl (C=O) groups is 1. The topological polar surface area (TPSA) is 66.4 Å². The van der Waals surface area contributed by atoms with Gasteiger partial charge in [0.05, 0.1) is 17.7 Å². The van der Waals surface area contributed by atoms with Gasteiger partial charge in [0.25, 0.3) is 0 Å². The summed E-state index contributed by atoms with van der Waals surface area (Å²) in [6.07, 6.45) is 1.41. The van der Waals surface area contributed by atoms with Crippen LogP contribution in [0.1, 0.15) is 21.5 Å². The molecule has 0 saturated heterocycles. The number of ether oxygens (including phenoxy) is 1. The smallest absolute Gasteiger partial charge is 0.339 e. The maximum absolute atomic E-state index is 11.4. The lowest BCUT2D eigenvalue weighted by Gasteiger charge is -2.12. The van der Waals surface area contributed by atoms with E-state index < -0.39 is 17.0 Å². The molecule has 0 saturated carbocycles. The van der Waals surface area contributed by atoms with Crippen LogP contribution < -0.4 is 0 Å². The zero-order chi connectivity index (χ0) is 13.0. The number of hydrogen-bond donors (Lipinski definition) is 0. The Hall–Kier alpha value is -1.17. The molecule has 1 aromatic rings. The third-order valence-electron chi connectivity index (χ3n) is 2.15. The van der Waals surface area contributed by atoms with Gasteiger partial charge in [-0.3, -0.25) is 4.21 Å². The first kappa shape index (κ1) is 13.9. The minimum atomic E-state index is -2.23. The molecule has 0 aromatic heterocycles. The molecule has 4 nitrogen and oxygen atoms in total. The number of esters is 1. The molecule has 1 unspecified atom stereocenters. The van der Waals surface area contributed by atoms with Gasteiger partial charge in [-0.2, -0.15) is 0 Å². The first-order valence-electron chi connectivity index (χ1n) is 4.59. The van der Waals surface area contributed by atoms with E-state index in [2.05, 4.69) is 11.3 Å². The largest absolute Gasteiger partial charge is 0.772 e. The molecule has 6 heteroatoms. The molecule has 0 bridgehead atoms. The number of benzene rings is 1. The van der Waals surface area contributed by atoms with E-state index in [4.69, 9.17) is 11.6 Å². The van der Waals surface area contributed by atoms with E-state index in [0.29, 0.717) is 11.1 Å². The summed E-state index contributed by atoms with van der Waals surface area (Å²) in [6, 6.07) is 2.95. The predicted molar refractivity (Wildman–Crippen MR) is 65.5 cm³/mol. The van der Waals surface area contributed by atoms with Crippen molar-refractivity contribution in [3.8, 4) is 0 Å². The molecule has 1 aromatic carbocycles. The fourth-order valence-corrected chi connectivity index (χ4v) is 2.22. The standard InChI is InChI=1S/C11H11ClO4S/c1-3-8-7(6-17(14)15)4-5-9(10(8)12)11(13)16-2/h3-5H,1,6H2,2H3,(H,14,15)/p-1. The van der Waals surface area contributed by atoms with Crippen molar-refractivity contribution in [3.63, 3.8) is 0 Å². The molecule has 0 spiro atoms. The Morgan fingerprint density at radius 2 is 2.29 bits per heavy atom. The Labute approximate surface area is 107 Å². The fraction of sp³-hybridized carbons (Fsp3) is 0.182. The summed E-state index contributed by atoms with van der Waals surface area (Å²) in [5, 5.41) is 0.148. The Bertz CT molecular complexity index is 485. The van der Waals surface area contributed by atoms with Crippen molar-refractivity contribution in [1.29, 1.82) is 0 Å². The van der Waals surface area contributed by atoms with Gasteiger partial charge in [0, 0.05) is 5.75 Å². The summed E-state index contributed by atoms with van der Waals surface area (Å²) in [5.74, 6) is -0.754. The van der Waals surface area contributed by atoms with Crippen LogP contribution in [0.3, 0.4) is 0 Å². The van der Waals surface area contributed by atoms with Crippen LogP contribution >= 0.6 is 11.6 Å². The summed E-state index contributed by atoms with van der Waals surface area (Å²) in [5.41, 5.74) is 1.11. The Kier molecular flexibility index (Phi) is 4.86. The zero-order valence-corrected chi connectivity index (χ0v) is 10.6. The molecule has 0 aliphatic heterocycles. The van der Waals surface area contributed by atoms with Crippen LogP contribution in [0, 0.1) is 0 Å². The molecule has 0 radical (unpaired) electrons. The molecule has 1 atom stereocenters. The number of carbonyl (C=O) groups excluding carboxylic acids is 1. The van der Waals surface area contributed by atoms with E-state index in [1.807, 2.05) is 0 Å². The van der Waals surface area contributed by atoms with Gasteiger partial charge in [-0.25, -0.2) is 4.79 Å². The van der Waals surface area contributed by atoms with E-state index >= 15 is 0 Å². The lowest BCUT2D eigenvalue weighted by molar-refractivity contribution is 0.0601. The molecule has 0 fully saturated rings. The average Bonchev–Trinajstić information content (AvgIpc) is 2.28. The lowest BCUT2D eigenvalue weighted by atomic mass is 10.0. The van der Waals surface area contributed by atoms with Crippen molar-refractivity contribution in [2.45, 2.75) is 5.75 Å². The molecule has 0 N–H and O–H groups in total. The van der Waals surface area contributed by atoms with E-state index in [9.17, 15) is 13.6 Å². The second-order valence-corrected chi connectivity index (χ2v) is 4.42. The molecule has 0 aliphatic carbocycles. The van der Waals surface area contributed by atoms with E-state index in [1.54, 1.807) is 0 Å². The quantitative estimate of drug-likeness (QED) is 0.623. The average molecular weight is 274 g/mol. The summed E-state index contributed by atoms with van der Waals surface area (Å²) < 4.78 is 25.9. The van der Waals surface area contributed by atoms with Crippen LogP contribution in [0.2, 0.25) is 5.02 Å². The van der Waals surface area contributed by atoms with Gasteiger partial charge < -0.3 is 9.29 Å². The Morgan fingerprint density at radius 3 is 2.76 bits per heavy atom. The minimum absolute atomic E-state index is 0.148. The number of hydrogen-bond acceptors (Lipinski definition) is 4. The molecular formula is C11H10ClO4S-. The van der Waals surface area contributed by atoms with Gasteiger partial charge in [0.2, 0.25) is 0 Å². The lowest BCUT2D eigenvalue weighted by Crippen LogP contribution is -2.05.